The first-order valence-electron chi connectivity index (χ1n) is 22.1. The van der Waals surface area contributed by atoms with E-state index in [1.54, 1.807) is 6.08 Å². The zero-order valence-electron chi connectivity index (χ0n) is 35.1. The number of hydrogen-bond acceptors (Lipinski definition) is 5. The van der Waals surface area contributed by atoms with Crippen LogP contribution in [0.3, 0.4) is 0 Å². The summed E-state index contributed by atoms with van der Waals surface area (Å²) >= 11 is 0. The molecule has 310 valence electrons. The molecule has 0 radical (unpaired) electrons. The van der Waals surface area contributed by atoms with Crippen molar-refractivity contribution in [2.75, 3.05) is 40.9 Å². The van der Waals surface area contributed by atoms with Crippen LogP contribution in [0.1, 0.15) is 206 Å². The van der Waals surface area contributed by atoms with Gasteiger partial charge < -0.3 is 19.8 Å². The predicted octanol–water partition coefficient (Wildman–Crippen LogP) is 12.0. The second-order valence-electron chi connectivity index (χ2n) is 16.4. The molecule has 8 nitrogen and oxygen atoms in total. The average Bonchev–Trinajstić information content (AvgIpc) is 3.09. The van der Waals surface area contributed by atoms with E-state index in [1.807, 2.05) is 27.2 Å². The molecule has 0 aliphatic carbocycles. The summed E-state index contributed by atoms with van der Waals surface area (Å²) in [5.74, 6) is -0.175. The van der Waals surface area contributed by atoms with Gasteiger partial charge in [-0.05, 0) is 19.3 Å². The molecule has 52 heavy (non-hydrogen) atoms. The number of unbranched alkanes of at least 4 members (excludes halogenated alkanes) is 27. The molecule has 9 heteroatoms. The molecule has 0 aromatic heterocycles. The van der Waals surface area contributed by atoms with Crippen LogP contribution in [-0.4, -0.2) is 73.4 Å². The Morgan fingerprint density at radius 1 is 0.635 bits per heavy atom. The normalized spacial score (nSPS) is 14.5. The average molecular weight is 760 g/mol. The SMILES string of the molecule is CCCCCCCCCCCCCCC/C=C/C(O)C(COP(=O)(O)OCC[N+](C)(C)C)NC(=O)CCCCCCCCCCCCCCCCC. The summed E-state index contributed by atoms with van der Waals surface area (Å²) in [6, 6.07) is -0.839. The van der Waals surface area contributed by atoms with E-state index in [2.05, 4.69) is 19.2 Å². The largest absolute Gasteiger partial charge is 0.472 e. The number of phosphoric acid groups is 1. The molecule has 3 unspecified atom stereocenters. The third-order valence-electron chi connectivity index (χ3n) is 10.0. The number of likely N-dealkylation sites (N-methyl/N-ethyl adjacent to an activating group) is 1. The molecule has 0 bridgehead atoms. The van der Waals surface area contributed by atoms with Crippen molar-refractivity contribution >= 4 is 13.7 Å². The van der Waals surface area contributed by atoms with E-state index in [1.165, 1.54) is 148 Å². The summed E-state index contributed by atoms with van der Waals surface area (Å²) in [5.41, 5.74) is 0. The van der Waals surface area contributed by atoms with Gasteiger partial charge in [0.2, 0.25) is 5.91 Å². The van der Waals surface area contributed by atoms with E-state index in [0.29, 0.717) is 17.4 Å². The standard InChI is InChI=1S/C43H87N2O6P/c1-6-8-10-12-14-16-18-20-22-24-26-28-30-32-34-36-42(46)41(40-51-52(48,49)50-39-38-45(3,4)5)44-43(47)37-35-33-31-29-27-25-23-21-19-17-15-13-11-9-7-2/h34,36,41-42,46H,6-33,35,37-40H2,1-5H3,(H-,44,47,48,49)/p+1/b36-34+. The van der Waals surface area contributed by atoms with Gasteiger partial charge in [0.1, 0.15) is 13.2 Å². The Balaban J connectivity index is 4.42. The number of carbonyl (C=O) groups excluding carboxylic acids is 1. The van der Waals surface area contributed by atoms with Crippen LogP contribution < -0.4 is 5.32 Å². The molecule has 0 heterocycles. The topological polar surface area (TPSA) is 105 Å². The van der Waals surface area contributed by atoms with E-state index in [4.69, 9.17) is 9.05 Å². The number of hydrogen-bond donors (Lipinski definition) is 3. The van der Waals surface area contributed by atoms with Crippen molar-refractivity contribution in [3.63, 3.8) is 0 Å². The van der Waals surface area contributed by atoms with E-state index in [9.17, 15) is 19.4 Å². The van der Waals surface area contributed by atoms with Crippen LogP contribution >= 0.6 is 7.82 Å². The zero-order chi connectivity index (χ0) is 38.6. The van der Waals surface area contributed by atoms with Crippen LogP contribution in [0, 0.1) is 0 Å². The number of rotatable bonds is 40. The Morgan fingerprint density at radius 3 is 1.42 bits per heavy atom. The van der Waals surface area contributed by atoms with Crippen molar-refractivity contribution in [3.05, 3.63) is 12.2 Å². The number of carbonyl (C=O) groups is 1. The minimum absolute atomic E-state index is 0.0646. The Labute approximate surface area is 322 Å². The maximum absolute atomic E-state index is 12.8. The third-order valence-corrected chi connectivity index (χ3v) is 11.0. The van der Waals surface area contributed by atoms with Gasteiger partial charge in [0.25, 0.3) is 0 Å². The smallest absolute Gasteiger partial charge is 0.387 e. The van der Waals surface area contributed by atoms with E-state index >= 15 is 0 Å². The zero-order valence-corrected chi connectivity index (χ0v) is 36.0. The van der Waals surface area contributed by atoms with E-state index < -0.39 is 20.0 Å². The van der Waals surface area contributed by atoms with Gasteiger partial charge in [0, 0.05) is 6.42 Å². The number of aliphatic hydroxyl groups excluding tert-OH is 1. The highest BCUT2D eigenvalue weighted by atomic mass is 31.2. The van der Waals surface area contributed by atoms with Crippen molar-refractivity contribution in [1.29, 1.82) is 0 Å². The van der Waals surface area contributed by atoms with Crippen molar-refractivity contribution < 1.29 is 32.9 Å². The number of quaternary nitrogens is 1. The van der Waals surface area contributed by atoms with Gasteiger partial charge in [0.05, 0.1) is 39.9 Å². The fourth-order valence-electron chi connectivity index (χ4n) is 6.45. The van der Waals surface area contributed by atoms with Crippen molar-refractivity contribution in [1.82, 2.24) is 5.32 Å². The first-order chi connectivity index (χ1) is 25.0. The van der Waals surface area contributed by atoms with E-state index in [-0.39, 0.29) is 19.1 Å². The molecule has 0 aromatic rings. The highest BCUT2D eigenvalue weighted by Crippen LogP contribution is 2.43. The molecular formula is C43H88N2O6P+. The van der Waals surface area contributed by atoms with Crippen LogP contribution in [0.15, 0.2) is 12.2 Å². The fraction of sp³-hybridized carbons (Fsp3) is 0.930. The van der Waals surface area contributed by atoms with Gasteiger partial charge in [-0.25, -0.2) is 4.57 Å². The molecule has 0 saturated heterocycles. The molecule has 0 saturated carbocycles. The summed E-state index contributed by atoms with van der Waals surface area (Å²) < 4.78 is 23.5. The second kappa shape index (κ2) is 35.9. The Morgan fingerprint density at radius 2 is 1.02 bits per heavy atom. The summed E-state index contributed by atoms with van der Waals surface area (Å²) in [4.78, 5) is 23.1. The molecule has 1 amide bonds. The highest BCUT2D eigenvalue weighted by molar-refractivity contribution is 7.47. The lowest BCUT2D eigenvalue weighted by Crippen LogP contribution is -2.45. The van der Waals surface area contributed by atoms with Gasteiger partial charge in [-0.1, -0.05) is 193 Å². The molecule has 0 aliphatic heterocycles. The second-order valence-corrected chi connectivity index (χ2v) is 17.9. The molecule has 0 fully saturated rings. The molecule has 3 atom stereocenters. The number of aliphatic hydroxyl groups is 1. The Bertz CT molecular complexity index is 865. The lowest BCUT2D eigenvalue weighted by molar-refractivity contribution is -0.870. The van der Waals surface area contributed by atoms with Crippen molar-refractivity contribution in [2.24, 2.45) is 0 Å². The minimum atomic E-state index is -4.33. The lowest BCUT2D eigenvalue weighted by Gasteiger charge is -2.25. The van der Waals surface area contributed by atoms with E-state index in [0.717, 1.165) is 38.5 Å². The van der Waals surface area contributed by atoms with Crippen molar-refractivity contribution in [3.8, 4) is 0 Å². The summed E-state index contributed by atoms with van der Waals surface area (Å²) in [6.07, 6.45) is 39.8. The van der Waals surface area contributed by atoms with Crippen LogP contribution in [0.25, 0.3) is 0 Å². The van der Waals surface area contributed by atoms with Gasteiger partial charge in [-0.15, -0.1) is 0 Å². The molecular weight excluding hydrogens is 671 g/mol. The molecule has 0 rings (SSSR count). The van der Waals surface area contributed by atoms with Gasteiger partial charge >= 0.3 is 7.82 Å². The summed E-state index contributed by atoms with van der Waals surface area (Å²) in [6.45, 7) is 4.82. The highest BCUT2D eigenvalue weighted by Gasteiger charge is 2.27. The molecule has 0 aliphatic rings. The number of allylic oxidation sites excluding steroid dienone is 1. The monoisotopic (exact) mass is 760 g/mol. The van der Waals surface area contributed by atoms with Crippen molar-refractivity contribution in [2.45, 2.75) is 219 Å². The lowest BCUT2D eigenvalue weighted by atomic mass is 10.0. The molecule has 0 aromatic carbocycles. The molecule has 0 spiro atoms. The Hall–Kier alpha value is -0.760. The molecule has 3 N–H and O–H groups in total. The van der Waals surface area contributed by atoms with Gasteiger partial charge in [-0.3, -0.25) is 13.8 Å². The van der Waals surface area contributed by atoms with Crippen LogP contribution in [0.4, 0.5) is 0 Å². The first kappa shape index (κ1) is 51.2. The third kappa shape index (κ3) is 37.6. The number of nitrogens with one attached hydrogen (secondary N) is 1. The maximum atomic E-state index is 12.8. The first-order valence-corrected chi connectivity index (χ1v) is 23.6. The Kier molecular flexibility index (Phi) is 35.4. The fourth-order valence-corrected chi connectivity index (χ4v) is 7.19. The minimum Gasteiger partial charge on any atom is -0.387 e. The number of nitrogens with zero attached hydrogens (tertiary/aromatic N) is 1. The number of amides is 1. The van der Waals surface area contributed by atoms with Crippen LogP contribution in [-0.2, 0) is 18.4 Å². The summed E-state index contributed by atoms with van der Waals surface area (Å²) in [5, 5.41) is 13.8. The van der Waals surface area contributed by atoms with Gasteiger partial charge in [0.15, 0.2) is 0 Å². The quantitative estimate of drug-likeness (QED) is 0.0249. The van der Waals surface area contributed by atoms with Crippen LogP contribution in [0.2, 0.25) is 0 Å². The van der Waals surface area contributed by atoms with Crippen LogP contribution in [0.5, 0.6) is 0 Å². The maximum Gasteiger partial charge on any atom is 0.472 e. The predicted molar refractivity (Wildman–Crippen MR) is 222 cm³/mol. The van der Waals surface area contributed by atoms with Gasteiger partial charge in [-0.2, -0.15) is 0 Å². The number of phosphoric ester groups is 1. The summed E-state index contributed by atoms with van der Waals surface area (Å²) in [7, 11) is 1.58.